The number of hydrogen-bond donors (Lipinski definition) is 3. The van der Waals surface area contributed by atoms with E-state index in [0.29, 0.717) is 30.1 Å². The molecular formula is C23H20N4O2. The number of aromatic nitrogens is 4. The summed E-state index contributed by atoms with van der Waals surface area (Å²) in [7, 11) is 1.58. The molecule has 0 aliphatic carbocycles. The number of para-hydroxylation sites is 2. The van der Waals surface area contributed by atoms with Gasteiger partial charge in [-0.1, -0.05) is 36.4 Å². The van der Waals surface area contributed by atoms with Crippen LogP contribution in [0.4, 0.5) is 0 Å². The van der Waals surface area contributed by atoms with E-state index < -0.39 is 0 Å². The molecule has 0 saturated carbocycles. The van der Waals surface area contributed by atoms with Crippen molar-refractivity contribution in [3.63, 3.8) is 0 Å². The molecule has 0 aliphatic rings. The minimum atomic E-state index is -0.189. The summed E-state index contributed by atoms with van der Waals surface area (Å²) in [6.45, 7) is 0. The predicted molar refractivity (Wildman–Crippen MR) is 114 cm³/mol. The van der Waals surface area contributed by atoms with Crippen LogP contribution in [-0.2, 0) is 12.8 Å². The summed E-state index contributed by atoms with van der Waals surface area (Å²) >= 11 is 0. The fourth-order valence-electron chi connectivity index (χ4n) is 3.84. The van der Waals surface area contributed by atoms with Gasteiger partial charge >= 0.3 is 0 Å². The number of hydrogen-bond acceptors (Lipinski definition) is 3. The largest absolute Gasteiger partial charge is 0.480 e. The van der Waals surface area contributed by atoms with E-state index in [-0.39, 0.29) is 5.56 Å². The van der Waals surface area contributed by atoms with E-state index in [1.807, 2.05) is 54.9 Å². The van der Waals surface area contributed by atoms with Crippen molar-refractivity contribution < 1.29 is 4.74 Å². The molecule has 6 nitrogen and oxygen atoms in total. The van der Waals surface area contributed by atoms with Gasteiger partial charge in [-0.05, 0) is 23.3 Å². The van der Waals surface area contributed by atoms with Crippen molar-refractivity contribution in [1.29, 1.82) is 0 Å². The number of H-pyrrole nitrogens is 3. The molecule has 6 heteroatoms. The van der Waals surface area contributed by atoms with Gasteiger partial charge in [0, 0.05) is 47.0 Å². The number of rotatable bonds is 5. The first-order valence-corrected chi connectivity index (χ1v) is 9.49. The third-order valence-electron chi connectivity index (χ3n) is 5.29. The van der Waals surface area contributed by atoms with Crippen molar-refractivity contribution in [1.82, 2.24) is 19.9 Å². The molecule has 3 aromatic heterocycles. The van der Waals surface area contributed by atoms with Crippen molar-refractivity contribution in [2.45, 2.75) is 12.8 Å². The fraction of sp³-hybridized carbons (Fsp3) is 0.130. The van der Waals surface area contributed by atoms with Crippen LogP contribution in [0.5, 0.6) is 5.88 Å². The molecule has 0 aliphatic heterocycles. The molecule has 3 N–H and O–H groups in total. The maximum absolute atomic E-state index is 12.8. The van der Waals surface area contributed by atoms with Gasteiger partial charge in [-0.2, -0.15) is 0 Å². The van der Waals surface area contributed by atoms with Crippen molar-refractivity contribution in [3.05, 3.63) is 93.8 Å². The van der Waals surface area contributed by atoms with Gasteiger partial charge in [0.15, 0.2) is 0 Å². The third kappa shape index (κ3) is 3.08. The number of ether oxygens (including phenoxy) is 1. The van der Waals surface area contributed by atoms with E-state index in [2.05, 4.69) is 26.0 Å². The molecule has 0 unspecified atom stereocenters. The first-order valence-electron chi connectivity index (χ1n) is 9.49. The molecule has 29 heavy (non-hydrogen) atoms. The van der Waals surface area contributed by atoms with Crippen LogP contribution in [0.1, 0.15) is 22.5 Å². The van der Waals surface area contributed by atoms with Crippen LogP contribution in [0, 0.1) is 0 Å². The average molecular weight is 384 g/mol. The van der Waals surface area contributed by atoms with Crippen LogP contribution in [-0.4, -0.2) is 27.0 Å². The average Bonchev–Trinajstić information content (AvgIpc) is 3.34. The normalized spacial score (nSPS) is 11.3. The monoisotopic (exact) mass is 384 g/mol. The zero-order valence-electron chi connectivity index (χ0n) is 16.0. The number of aromatic amines is 3. The van der Waals surface area contributed by atoms with Crippen LogP contribution < -0.4 is 10.3 Å². The van der Waals surface area contributed by atoms with E-state index in [9.17, 15) is 4.79 Å². The molecule has 5 rings (SSSR count). The van der Waals surface area contributed by atoms with Gasteiger partial charge in [0.2, 0.25) is 5.88 Å². The Morgan fingerprint density at radius 1 is 0.862 bits per heavy atom. The Balaban J connectivity index is 1.50. The van der Waals surface area contributed by atoms with Crippen LogP contribution in [0.2, 0.25) is 0 Å². The number of nitrogens with one attached hydrogen (secondary N) is 3. The Morgan fingerprint density at radius 2 is 1.45 bits per heavy atom. The Kier molecular flexibility index (Phi) is 4.17. The first-order chi connectivity index (χ1) is 14.2. The number of nitrogens with zero attached hydrogens (tertiary/aromatic N) is 1. The smallest absolute Gasteiger partial charge is 0.270 e. The van der Waals surface area contributed by atoms with Crippen LogP contribution in [0.3, 0.4) is 0 Å². The summed E-state index contributed by atoms with van der Waals surface area (Å²) in [6.07, 6.45) is 4.85. The lowest BCUT2D eigenvalue weighted by Crippen LogP contribution is -2.19. The number of methoxy groups -OCH3 is 1. The van der Waals surface area contributed by atoms with Gasteiger partial charge < -0.3 is 19.7 Å². The Hall–Kier alpha value is -3.80. The highest BCUT2D eigenvalue weighted by Gasteiger charge is 2.15. The summed E-state index contributed by atoms with van der Waals surface area (Å²) in [6, 6.07) is 16.1. The minimum absolute atomic E-state index is 0.189. The van der Waals surface area contributed by atoms with Gasteiger partial charge in [0.05, 0.1) is 12.8 Å². The van der Waals surface area contributed by atoms with Crippen molar-refractivity contribution >= 4 is 21.8 Å². The summed E-state index contributed by atoms with van der Waals surface area (Å²) in [4.78, 5) is 26.8. The summed E-state index contributed by atoms with van der Waals surface area (Å²) < 4.78 is 5.51. The second-order valence-electron chi connectivity index (χ2n) is 7.07. The Labute approximate surface area is 166 Å². The maximum atomic E-state index is 12.8. The molecule has 0 atom stereocenters. The van der Waals surface area contributed by atoms with Crippen LogP contribution >= 0.6 is 0 Å². The van der Waals surface area contributed by atoms with Gasteiger partial charge in [-0.15, -0.1) is 0 Å². The number of fused-ring (bicyclic) bond motifs is 2. The summed E-state index contributed by atoms with van der Waals surface area (Å²) in [5.74, 6) is 0.449. The Bertz CT molecular complexity index is 1380. The molecule has 144 valence electrons. The lowest BCUT2D eigenvalue weighted by Gasteiger charge is -2.09. The molecule has 3 heterocycles. The van der Waals surface area contributed by atoms with E-state index in [1.165, 1.54) is 0 Å². The van der Waals surface area contributed by atoms with E-state index in [4.69, 9.17) is 4.74 Å². The zero-order chi connectivity index (χ0) is 19.8. The van der Waals surface area contributed by atoms with Gasteiger partial charge in [-0.25, -0.2) is 4.98 Å². The third-order valence-corrected chi connectivity index (χ3v) is 5.29. The molecule has 0 spiro atoms. The first kappa shape index (κ1) is 17.3. The van der Waals surface area contributed by atoms with Crippen molar-refractivity contribution in [2.24, 2.45) is 0 Å². The quantitative estimate of drug-likeness (QED) is 0.429. The predicted octanol–water partition coefficient (Wildman–Crippen LogP) is 3.92. The van der Waals surface area contributed by atoms with Crippen molar-refractivity contribution in [3.8, 4) is 5.88 Å². The van der Waals surface area contributed by atoms with Gasteiger partial charge in [0.1, 0.15) is 5.69 Å². The molecule has 0 amide bonds. The maximum Gasteiger partial charge on any atom is 0.270 e. The molecule has 0 bridgehead atoms. The summed E-state index contributed by atoms with van der Waals surface area (Å²) in [5, 5.41) is 2.22. The van der Waals surface area contributed by atoms with Crippen molar-refractivity contribution in [2.75, 3.05) is 7.11 Å². The summed E-state index contributed by atoms with van der Waals surface area (Å²) in [5.41, 5.74) is 5.14. The fourth-order valence-corrected chi connectivity index (χ4v) is 3.84. The number of benzene rings is 2. The minimum Gasteiger partial charge on any atom is -0.480 e. The highest BCUT2D eigenvalue weighted by atomic mass is 16.5. The highest BCUT2D eigenvalue weighted by molar-refractivity contribution is 5.84. The van der Waals surface area contributed by atoms with E-state index in [0.717, 1.165) is 32.9 Å². The van der Waals surface area contributed by atoms with Gasteiger partial charge in [-0.3, -0.25) is 4.79 Å². The molecule has 0 saturated heterocycles. The molecule has 5 aromatic rings. The lowest BCUT2D eigenvalue weighted by atomic mass is 10.1. The zero-order valence-corrected chi connectivity index (χ0v) is 16.0. The second kappa shape index (κ2) is 6.98. The lowest BCUT2D eigenvalue weighted by molar-refractivity contribution is 0.388. The van der Waals surface area contributed by atoms with Gasteiger partial charge in [0.25, 0.3) is 5.56 Å². The molecular weight excluding hydrogens is 364 g/mol. The molecule has 2 aromatic carbocycles. The van der Waals surface area contributed by atoms with Crippen LogP contribution in [0.25, 0.3) is 21.8 Å². The highest BCUT2D eigenvalue weighted by Crippen LogP contribution is 2.24. The standard InChI is InChI=1S/C23H20N4O2/c1-29-23-21(11-15-13-25-19-9-5-3-7-17(15)19)26-22(28)20(27-23)10-14-12-24-18-8-4-2-6-16(14)18/h2-9,12-13,24-25H,10-11H2,1H3,(H,26,28). The Morgan fingerprint density at radius 3 is 2.07 bits per heavy atom. The molecule has 0 radical (unpaired) electrons. The van der Waals surface area contributed by atoms with E-state index in [1.54, 1.807) is 7.11 Å². The van der Waals surface area contributed by atoms with E-state index >= 15 is 0 Å². The van der Waals surface area contributed by atoms with Crippen LogP contribution in [0.15, 0.2) is 65.7 Å². The SMILES string of the molecule is COc1nc(Cc2c[nH]c3ccccc23)c(=O)[nH]c1Cc1c[nH]c2ccccc12. The topological polar surface area (TPSA) is 86.6 Å². The molecule has 0 fully saturated rings. The second-order valence-corrected chi connectivity index (χ2v) is 7.07.